The first-order valence-electron chi connectivity index (χ1n) is 6.86. The van der Waals surface area contributed by atoms with Crippen molar-refractivity contribution < 1.29 is 4.92 Å². The fraction of sp³-hybridized carbons (Fsp3) is 0.692. The highest BCUT2D eigenvalue weighted by Crippen LogP contribution is 2.23. The second-order valence-corrected chi connectivity index (χ2v) is 5.97. The summed E-state index contributed by atoms with van der Waals surface area (Å²) in [5.74, 6) is 0. The second-order valence-electron chi connectivity index (χ2n) is 5.08. The first-order chi connectivity index (χ1) is 9.19. The Bertz CT molecular complexity index is 416. The quantitative estimate of drug-likeness (QED) is 0.617. The molecule has 0 amide bonds. The molecule has 1 aliphatic rings. The molecule has 1 atom stereocenters. The highest BCUT2D eigenvalue weighted by Gasteiger charge is 2.18. The monoisotopic (exact) mass is 283 g/mol. The van der Waals surface area contributed by atoms with Gasteiger partial charge in [0.05, 0.1) is 4.92 Å². The minimum absolute atomic E-state index is 0.241. The molecular formula is C13H21N3O2S. The van der Waals surface area contributed by atoms with Gasteiger partial charge in [0.2, 0.25) is 0 Å². The van der Waals surface area contributed by atoms with Crippen molar-refractivity contribution in [3.8, 4) is 0 Å². The molecule has 106 valence electrons. The van der Waals surface area contributed by atoms with Crippen molar-refractivity contribution >= 4 is 16.3 Å². The Hall–Kier alpha value is -0.980. The molecule has 1 saturated heterocycles. The highest BCUT2D eigenvalue weighted by molar-refractivity contribution is 7.13. The highest BCUT2D eigenvalue weighted by atomic mass is 32.1. The third-order valence-corrected chi connectivity index (χ3v) is 4.34. The lowest BCUT2D eigenvalue weighted by Gasteiger charge is -2.24. The zero-order valence-corrected chi connectivity index (χ0v) is 12.1. The van der Waals surface area contributed by atoms with E-state index >= 15 is 0 Å². The number of nitrogens with one attached hydrogen (secondary N) is 1. The summed E-state index contributed by atoms with van der Waals surface area (Å²) >= 11 is 1.22. The van der Waals surface area contributed by atoms with Crippen molar-refractivity contribution in [1.29, 1.82) is 0 Å². The van der Waals surface area contributed by atoms with Crippen LogP contribution in [0.2, 0.25) is 0 Å². The van der Waals surface area contributed by atoms with Crippen LogP contribution in [0.25, 0.3) is 0 Å². The fourth-order valence-electron chi connectivity index (χ4n) is 2.57. The van der Waals surface area contributed by atoms with Crippen LogP contribution in [0.3, 0.4) is 0 Å². The van der Waals surface area contributed by atoms with Gasteiger partial charge in [-0.15, -0.1) is 0 Å². The van der Waals surface area contributed by atoms with Crippen molar-refractivity contribution in [2.45, 2.75) is 38.8 Å². The molecule has 0 bridgehead atoms. The Balaban J connectivity index is 1.92. The van der Waals surface area contributed by atoms with Gasteiger partial charge in [0.15, 0.2) is 0 Å². The maximum Gasteiger partial charge on any atom is 0.324 e. The Kier molecular flexibility index (Phi) is 5.30. The lowest BCUT2D eigenvalue weighted by molar-refractivity contribution is -0.380. The van der Waals surface area contributed by atoms with Gasteiger partial charge in [-0.1, -0.05) is 18.3 Å². The van der Waals surface area contributed by atoms with E-state index in [0.717, 1.165) is 38.2 Å². The van der Waals surface area contributed by atoms with Gasteiger partial charge in [-0.05, 0) is 37.9 Å². The van der Waals surface area contributed by atoms with Crippen LogP contribution in [-0.2, 0) is 6.54 Å². The zero-order valence-electron chi connectivity index (χ0n) is 11.3. The van der Waals surface area contributed by atoms with E-state index in [1.54, 1.807) is 6.07 Å². The Morgan fingerprint density at radius 1 is 1.63 bits per heavy atom. The summed E-state index contributed by atoms with van der Waals surface area (Å²) in [5.41, 5.74) is 1.06. The summed E-state index contributed by atoms with van der Waals surface area (Å²) in [4.78, 5) is 12.8. The largest absolute Gasteiger partial charge is 0.324 e. The molecule has 0 radical (unpaired) electrons. The minimum Gasteiger partial charge on any atom is -0.313 e. The molecule has 5 nitrogen and oxygen atoms in total. The van der Waals surface area contributed by atoms with Crippen molar-refractivity contribution in [1.82, 2.24) is 10.2 Å². The number of nitrogens with zero attached hydrogens (tertiary/aromatic N) is 2. The second kappa shape index (κ2) is 6.98. The van der Waals surface area contributed by atoms with Crippen molar-refractivity contribution in [2.75, 3.05) is 19.6 Å². The molecule has 1 N–H and O–H groups in total. The summed E-state index contributed by atoms with van der Waals surface area (Å²) in [5, 5.41) is 16.4. The third kappa shape index (κ3) is 4.26. The zero-order chi connectivity index (χ0) is 13.7. The molecule has 6 heteroatoms. The summed E-state index contributed by atoms with van der Waals surface area (Å²) in [7, 11) is 0. The van der Waals surface area contributed by atoms with Gasteiger partial charge in [-0.3, -0.25) is 15.0 Å². The van der Waals surface area contributed by atoms with Gasteiger partial charge in [-0.25, -0.2) is 0 Å². The molecule has 0 aliphatic carbocycles. The SMILES string of the molecule is CCCN(Cc1csc([N+](=O)[O-])c1)CC1CCCN1. The van der Waals surface area contributed by atoms with E-state index in [1.165, 1.54) is 24.2 Å². The Morgan fingerprint density at radius 2 is 2.47 bits per heavy atom. The van der Waals surface area contributed by atoms with Gasteiger partial charge in [0.1, 0.15) is 0 Å². The fourth-order valence-corrected chi connectivity index (χ4v) is 3.30. The molecule has 1 aromatic rings. The topological polar surface area (TPSA) is 58.4 Å². The van der Waals surface area contributed by atoms with Crippen LogP contribution in [0.5, 0.6) is 0 Å². The summed E-state index contributed by atoms with van der Waals surface area (Å²) in [6, 6.07) is 2.29. The molecule has 0 saturated carbocycles. The van der Waals surface area contributed by atoms with Crippen LogP contribution in [-0.4, -0.2) is 35.5 Å². The molecule has 1 aromatic heterocycles. The van der Waals surface area contributed by atoms with Crippen molar-refractivity contribution in [3.63, 3.8) is 0 Å². The summed E-state index contributed by atoms with van der Waals surface area (Å²) < 4.78 is 0. The minimum atomic E-state index is -0.309. The molecule has 1 unspecified atom stereocenters. The normalized spacial score (nSPS) is 19.2. The van der Waals surface area contributed by atoms with E-state index < -0.39 is 0 Å². The average molecular weight is 283 g/mol. The predicted octanol–water partition coefficient (Wildman–Crippen LogP) is 2.62. The molecule has 0 aromatic carbocycles. The molecule has 19 heavy (non-hydrogen) atoms. The van der Waals surface area contributed by atoms with Crippen molar-refractivity contribution in [3.05, 3.63) is 27.1 Å². The molecule has 1 fully saturated rings. The smallest absolute Gasteiger partial charge is 0.313 e. The average Bonchev–Trinajstić information content (AvgIpc) is 3.00. The van der Waals surface area contributed by atoms with E-state index in [9.17, 15) is 10.1 Å². The summed E-state index contributed by atoms with van der Waals surface area (Å²) in [6.45, 7) is 6.19. The van der Waals surface area contributed by atoms with Crippen LogP contribution < -0.4 is 5.32 Å². The first-order valence-corrected chi connectivity index (χ1v) is 7.74. The van der Waals surface area contributed by atoms with E-state index in [-0.39, 0.29) is 9.92 Å². The van der Waals surface area contributed by atoms with Crippen LogP contribution in [0, 0.1) is 10.1 Å². The van der Waals surface area contributed by atoms with Crippen LogP contribution >= 0.6 is 11.3 Å². The van der Waals surface area contributed by atoms with Crippen LogP contribution in [0.15, 0.2) is 11.4 Å². The molecular weight excluding hydrogens is 262 g/mol. The van der Waals surface area contributed by atoms with Crippen LogP contribution in [0.1, 0.15) is 31.7 Å². The Morgan fingerprint density at radius 3 is 3.05 bits per heavy atom. The lowest BCUT2D eigenvalue weighted by Crippen LogP contribution is -2.37. The Labute approximate surface area is 117 Å². The summed E-state index contributed by atoms with van der Waals surface area (Å²) in [6.07, 6.45) is 3.61. The maximum atomic E-state index is 10.7. The van der Waals surface area contributed by atoms with E-state index in [4.69, 9.17) is 0 Å². The molecule has 2 rings (SSSR count). The number of hydrogen-bond acceptors (Lipinski definition) is 5. The molecule has 0 spiro atoms. The van der Waals surface area contributed by atoms with Gasteiger partial charge in [0, 0.05) is 30.6 Å². The van der Waals surface area contributed by atoms with Gasteiger partial charge in [-0.2, -0.15) is 0 Å². The van der Waals surface area contributed by atoms with E-state index in [2.05, 4.69) is 17.1 Å². The molecule has 1 aliphatic heterocycles. The number of nitro groups is 1. The van der Waals surface area contributed by atoms with E-state index in [1.807, 2.05) is 5.38 Å². The van der Waals surface area contributed by atoms with Crippen molar-refractivity contribution in [2.24, 2.45) is 0 Å². The van der Waals surface area contributed by atoms with Gasteiger partial charge in [0.25, 0.3) is 0 Å². The first kappa shape index (κ1) is 14.4. The number of hydrogen-bond donors (Lipinski definition) is 1. The predicted molar refractivity (Wildman–Crippen MR) is 77.6 cm³/mol. The standard InChI is InChI=1S/C13H21N3O2S/c1-2-6-15(9-12-4-3-5-14-12)8-11-7-13(16(17)18)19-10-11/h7,10,12,14H,2-6,8-9H2,1H3. The lowest BCUT2D eigenvalue weighted by atomic mass is 10.2. The molecule has 2 heterocycles. The number of thiophene rings is 1. The van der Waals surface area contributed by atoms with Crippen LogP contribution in [0.4, 0.5) is 5.00 Å². The van der Waals surface area contributed by atoms with E-state index in [0.29, 0.717) is 6.04 Å². The van der Waals surface area contributed by atoms with Gasteiger partial charge >= 0.3 is 5.00 Å². The number of rotatable bonds is 7. The maximum absolute atomic E-state index is 10.7. The third-order valence-electron chi connectivity index (χ3n) is 3.41. The van der Waals surface area contributed by atoms with Gasteiger partial charge < -0.3 is 5.32 Å².